The van der Waals surface area contributed by atoms with Crippen LogP contribution in [0, 0.1) is 11.8 Å². The fraction of sp³-hybridized carbons (Fsp3) is 0.464. The van der Waals surface area contributed by atoms with Crippen LogP contribution >= 0.6 is 0 Å². The summed E-state index contributed by atoms with van der Waals surface area (Å²) in [6, 6.07) is 20.9. The Kier molecular flexibility index (Phi) is 7.95. The molecule has 0 N–H and O–H groups in total. The molecule has 0 aromatic heterocycles. The second-order valence-electron chi connectivity index (χ2n) is 9.21. The molecule has 1 amide bonds. The largest absolute Gasteiger partial charge is 0.338 e. The summed E-state index contributed by atoms with van der Waals surface area (Å²) in [5.74, 6) is 1.32. The molecule has 3 nitrogen and oxygen atoms in total. The molecule has 31 heavy (non-hydrogen) atoms. The van der Waals surface area contributed by atoms with Gasteiger partial charge in [-0.2, -0.15) is 0 Å². The first-order valence-electron chi connectivity index (χ1n) is 12.0. The maximum atomic E-state index is 13.5. The fourth-order valence-electron chi connectivity index (χ4n) is 4.99. The van der Waals surface area contributed by atoms with E-state index in [1.807, 2.05) is 12.1 Å². The molecule has 0 saturated carbocycles. The number of benzene rings is 2. The van der Waals surface area contributed by atoms with E-state index in [1.54, 1.807) is 0 Å². The van der Waals surface area contributed by atoms with Gasteiger partial charge in [0.15, 0.2) is 0 Å². The van der Waals surface area contributed by atoms with Crippen molar-refractivity contribution in [3.05, 3.63) is 83.9 Å². The van der Waals surface area contributed by atoms with E-state index < -0.39 is 0 Å². The van der Waals surface area contributed by atoms with Gasteiger partial charge in [-0.25, -0.2) is 0 Å². The maximum Gasteiger partial charge on any atom is 0.226 e. The van der Waals surface area contributed by atoms with Crippen LogP contribution in [0.25, 0.3) is 0 Å². The van der Waals surface area contributed by atoms with Crippen molar-refractivity contribution in [3.8, 4) is 0 Å². The zero-order valence-electron chi connectivity index (χ0n) is 18.7. The molecule has 4 rings (SSSR count). The van der Waals surface area contributed by atoms with Crippen molar-refractivity contribution in [1.29, 1.82) is 0 Å². The van der Waals surface area contributed by atoms with Crippen LogP contribution in [0.1, 0.15) is 43.2 Å². The van der Waals surface area contributed by atoms with Gasteiger partial charge in [-0.15, -0.1) is 0 Å². The molecule has 0 bridgehead atoms. The standard InChI is InChI=1S/C28H36N2O/c31-28(27-17-19-29(20-18-27)22-25-12-6-2-7-13-25)30(23-26-14-8-3-9-15-26)21-16-24-10-4-1-5-11-24/h1-6,8-11,14-15,25,27H,7,12-13,16-23H2/t25-/m0/s1. The predicted molar refractivity (Wildman–Crippen MR) is 128 cm³/mol. The van der Waals surface area contributed by atoms with Crippen LogP contribution in [0.4, 0.5) is 0 Å². The minimum atomic E-state index is 0.169. The van der Waals surface area contributed by atoms with Crippen molar-refractivity contribution in [1.82, 2.24) is 9.80 Å². The monoisotopic (exact) mass is 416 g/mol. The smallest absolute Gasteiger partial charge is 0.226 e. The molecule has 1 fully saturated rings. The van der Waals surface area contributed by atoms with Gasteiger partial charge in [0, 0.05) is 25.6 Å². The van der Waals surface area contributed by atoms with Crippen molar-refractivity contribution < 1.29 is 4.79 Å². The van der Waals surface area contributed by atoms with Crippen molar-refractivity contribution in [2.24, 2.45) is 11.8 Å². The number of allylic oxidation sites excluding steroid dienone is 2. The lowest BCUT2D eigenvalue weighted by Gasteiger charge is -2.36. The Morgan fingerprint density at radius 2 is 1.55 bits per heavy atom. The summed E-state index contributed by atoms with van der Waals surface area (Å²) in [6.45, 7) is 4.82. The van der Waals surface area contributed by atoms with Crippen molar-refractivity contribution in [2.75, 3.05) is 26.2 Å². The molecular weight excluding hydrogens is 380 g/mol. The summed E-state index contributed by atoms with van der Waals surface area (Å²) in [5, 5.41) is 0. The van der Waals surface area contributed by atoms with Crippen LogP contribution in [0.3, 0.4) is 0 Å². The van der Waals surface area contributed by atoms with Crippen molar-refractivity contribution >= 4 is 5.91 Å². The molecule has 1 aliphatic carbocycles. The van der Waals surface area contributed by atoms with Gasteiger partial charge in [0.25, 0.3) is 0 Å². The third-order valence-corrected chi connectivity index (χ3v) is 6.87. The molecule has 1 saturated heterocycles. The highest BCUT2D eigenvalue weighted by Gasteiger charge is 2.29. The lowest BCUT2D eigenvalue weighted by molar-refractivity contribution is -0.137. The Morgan fingerprint density at radius 1 is 0.871 bits per heavy atom. The van der Waals surface area contributed by atoms with Gasteiger partial charge in [0.2, 0.25) is 5.91 Å². The maximum absolute atomic E-state index is 13.5. The summed E-state index contributed by atoms with van der Waals surface area (Å²) >= 11 is 0. The average Bonchev–Trinajstić information content (AvgIpc) is 2.84. The molecular formula is C28H36N2O. The molecule has 1 atom stereocenters. The van der Waals surface area contributed by atoms with Gasteiger partial charge < -0.3 is 9.80 Å². The zero-order chi connectivity index (χ0) is 21.3. The van der Waals surface area contributed by atoms with Crippen LogP contribution in [0.15, 0.2) is 72.8 Å². The third-order valence-electron chi connectivity index (χ3n) is 6.87. The van der Waals surface area contributed by atoms with Gasteiger partial charge in [-0.3, -0.25) is 4.79 Å². The number of carbonyl (C=O) groups excluding carboxylic acids is 1. The van der Waals surface area contributed by atoms with Crippen LogP contribution < -0.4 is 0 Å². The van der Waals surface area contributed by atoms with Crippen LogP contribution in [0.5, 0.6) is 0 Å². The average molecular weight is 417 g/mol. The summed E-state index contributed by atoms with van der Waals surface area (Å²) in [6.07, 6.45) is 11.3. The van der Waals surface area contributed by atoms with Crippen LogP contribution in [-0.4, -0.2) is 41.9 Å². The Labute approximate surface area is 187 Å². The number of rotatable bonds is 8. The molecule has 0 unspecified atom stereocenters. The summed E-state index contributed by atoms with van der Waals surface area (Å²) in [5.41, 5.74) is 2.51. The Balaban J connectivity index is 1.34. The highest BCUT2D eigenvalue weighted by molar-refractivity contribution is 5.79. The quantitative estimate of drug-likeness (QED) is 0.543. The van der Waals surface area contributed by atoms with E-state index in [9.17, 15) is 4.79 Å². The molecule has 2 aromatic carbocycles. The molecule has 0 radical (unpaired) electrons. The molecule has 164 valence electrons. The molecule has 2 aromatic rings. The molecule has 2 aliphatic rings. The fourth-order valence-corrected chi connectivity index (χ4v) is 4.99. The van der Waals surface area contributed by atoms with Gasteiger partial charge in [0.05, 0.1) is 0 Å². The third kappa shape index (κ3) is 6.54. The predicted octanol–water partition coefficient (Wildman–Crippen LogP) is 5.33. The highest BCUT2D eigenvalue weighted by atomic mass is 16.2. The lowest BCUT2D eigenvalue weighted by Crippen LogP contribution is -2.44. The number of piperidine rings is 1. The van der Waals surface area contributed by atoms with Gasteiger partial charge in [-0.05, 0) is 68.7 Å². The first kappa shape index (κ1) is 21.8. The molecule has 0 spiro atoms. The summed E-state index contributed by atoms with van der Waals surface area (Å²) < 4.78 is 0. The van der Waals surface area contributed by atoms with Crippen LogP contribution in [0.2, 0.25) is 0 Å². The van der Waals surface area contributed by atoms with E-state index in [-0.39, 0.29) is 5.92 Å². The number of carbonyl (C=O) groups is 1. The number of hydrogen-bond acceptors (Lipinski definition) is 2. The number of hydrogen-bond donors (Lipinski definition) is 0. The van der Waals surface area contributed by atoms with E-state index in [0.29, 0.717) is 12.5 Å². The molecule has 1 aliphatic heterocycles. The van der Waals surface area contributed by atoms with Gasteiger partial charge in [0.1, 0.15) is 0 Å². The van der Waals surface area contributed by atoms with Crippen molar-refractivity contribution in [2.45, 2.75) is 45.1 Å². The Bertz CT molecular complexity index is 825. The van der Waals surface area contributed by atoms with E-state index in [1.165, 1.54) is 36.9 Å². The van der Waals surface area contributed by atoms with Crippen LogP contribution in [-0.2, 0) is 17.8 Å². The van der Waals surface area contributed by atoms with Gasteiger partial charge in [-0.1, -0.05) is 72.8 Å². The summed E-state index contributed by atoms with van der Waals surface area (Å²) in [4.78, 5) is 18.2. The normalized spacial score (nSPS) is 19.9. The number of nitrogens with zero attached hydrogens (tertiary/aromatic N) is 2. The minimum absolute atomic E-state index is 0.169. The second kappa shape index (κ2) is 11.3. The molecule has 1 heterocycles. The van der Waals surface area contributed by atoms with E-state index in [0.717, 1.165) is 44.8 Å². The SMILES string of the molecule is O=C(C1CCN(C[C@H]2CC=CCC2)CC1)N(CCc1ccccc1)Cc1ccccc1. The first-order valence-corrected chi connectivity index (χ1v) is 12.0. The van der Waals surface area contributed by atoms with E-state index >= 15 is 0 Å². The second-order valence-corrected chi connectivity index (χ2v) is 9.21. The highest BCUT2D eigenvalue weighted by Crippen LogP contribution is 2.25. The number of likely N-dealkylation sites (tertiary alicyclic amines) is 1. The molecule has 3 heteroatoms. The summed E-state index contributed by atoms with van der Waals surface area (Å²) in [7, 11) is 0. The first-order chi connectivity index (χ1) is 15.3. The van der Waals surface area contributed by atoms with E-state index in [2.05, 4.69) is 70.5 Å². The lowest BCUT2D eigenvalue weighted by atomic mass is 9.91. The number of amides is 1. The zero-order valence-corrected chi connectivity index (χ0v) is 18.7. The topological polar surface area (TPSA) is 23.6 Å². The van der Waals surface area contributed by atoms with Gasteiger partial charge >= 0.3 is 0 Å². The van der Waals surface area contributed by atoms with E-state index in [4.69, 9.17) is 0 Å². The Hall–Kier alpha value is -2.39. The Morgan fingerprint density at radius 3 is 2.19 bits per heavy atom. The van der Waals surface area contributed by atoms with Crippen molar-refractivity contribution in [3.63, 3.8) is 0 Å². The minimum Gasteiger partial charge on any atom is -0.338 e.